The van der Waals surface area contributed by atoms with Crippen molar-refractivity contribution < 1.29 is 19.2 Å². The Bertz CT molecular complexity index is 1920. The van der Waals surface area contributed by atoms with Gasteiger partial charge in [-0.2, -0.15) is 0 Å². The van der Waals surface area contributed by atoms with E-state index in [0.717, 1.165) is 30.4 Å². The van der Waals surface area contributed by atoms with Gasteiger partial charge in [-0.3, -0.25) is 30.0 Å². The van der Waals surface area contributed by atoms with Crippen LogP contribution >= 0.6 is 23.5 Å². The number of anilines is 4. The van der Waals surface area contributed by atoms with E-state index < -0.39 is 11.8 Å². The highest BCUT2D eigenvalue weighted by Crippen LogP contribution is 2.41. The minimum absolute atomic E-state index is 0.122. The normalized spacial score (nSPS) is 11.4. The standard InChI is InChI=1S/C45H67N11O4S2/c1-8-9-10-16-36(57)53-32-24-30(44(2,3)4)26-34(38(32)61-21-19-51-42(47)48)55-40(59)28-14-13-15-29(23-28)41(60)56-35-27-31(45(5,6)7)25-33(54-37(58)17-11-12-18-46)39(35)62-22-20-52-43(49)50/h13-15,23-27H,8-12,16-22,46H2,1-7H3,(H,53,57)(H,54,58)(H,55,59)(H,56,60)(H4,47,48,51)(H4,49,50,52). The van der Waals surface area contributed by atoms with E-state index in [0.29, 0.717) is 82.9 Å². The topological polar surface area (TPSA) is 266 Å². The molecule has 0 radical (unpaired) electrons. The van der Waals surface area contributed by atoms with Crippen molar-refractivity contribution in [1.29, 1.82) is 10.8 Å². The zero-order chi connectivity index (χ0) is 46.0. The van der Waals surface area contributed by atoms with Gasteiger partial charge in [0.05, 0.1) is 32.5 Å². The van der Waals surface area contributed by atoms with E-state index in [1.54, 1.807) is 18.2 Å². The summed E-state index contributed by atoms with van der Waals surface area (Å²) < 4.78 is 0. The lowest BCUT2D eigenvalue weighted by atomic mass is 9.86. The van der Waals surface area contributed by atoms with Crippen LogP contribution in [0.15, 0.2) is 58.3 Å². The molecule has 0 aliphatic carbocycles. The van der Waals surface area contributed by atoms with Crippen LogP contribution in [0.2, 0.25) is 0 Å². The molecule has 0 bridgehead atoms. The fraction of sp³-hybridized carbons (Fsp3) is 0.467. The van der Waals surface area contributed by atoms with Crippen LogP contribution in [0.5, 0.6) is 0 Å². The molecule has 14 N–H and O–H groups in total. The van der Waals surface area contributed by atoms with E-state index in [4.69, 9.17) is 28.0 Å². The maximum Gasteiger partial charge on any atom is 0.255 e. The second kappa shape index (κ2) is 24.4. The van der Waals surface area contributed by atoms with Crippen LogP contribution in [0.25, 0.3) is 0 Å². The van der Waals surface area contributed by atoms with Crippen LogP contribution in [-0.4, -0.2) is 66.7 Å². The van der Waals surface area contributed by atoms with Crippen molar-refractivity contribution in [2.24, 2.45) is 17.2 Å². The lowest BCUT2D eigenvalue weighted by Gasteiger charge is -2.25. The Morgan fingerprint density at radius 1 is 0.597 bits per heavy atom. The molecule has 0 atom stereocenters. The van der Waals surface area contributed by atoms with Crippen LogP contribution in [0.3, 0.4) is 0 Å². The van der Waals surface area contributed by atoms with E-state index in [1.165, 1.54) is 29.6 Å². The largest absolute Gasteiger partial charge is 0.370 e. The predicted molar refractivity (Wildman–Crippen MR) is 258 cm³/mol. The molecule has 0 unspecified atom stereocenters. The molecule has 0 heterocycles. The highest BCUT2D eigenvalue weighted by atomic mass is 32.2. The van der Waals surface area contributed by atoms with Gasteiger partial charge in [-0.25, -0.2) is 0 Å². The number of thioether (sulfide) groups is 2. The molecule has 3 aromatic rings. The van der Waals surface area contributed by atoms with Crippen molar-refractivity contribution in [3.05, 3.63) is 70.8 Å². The summed E-state index contributed by atoms with van der Waals surface area (Å²) in [5.41, 5.74) is 20.3. The molecule has 0 aliphatic rings. The molecule has 17 heteroatoms. The summed E-state index contributed by atoms with van der Waals surface area (Å²) in [6.45, 7) is 15.6. The summed E-state index contributed by atoms with van der Waals surface area (Å²) in [6, 6.07) is 14.1. The summed E-state index contributed by atoms with van der Waals surface area (Å²) in [5, 5.41) is 33.0. The smallest absolute Gasteiger partial charge is 0.255 e. The monoisotopic (exact) mass is 889 g/mol. The van der Waals surface area contributed by atoms with Gasteiger partial charge in [0, 0.05) is 48.6 Å². The van der Waals surface area contributed by atoms with Crippen molar-refractivity contribution >= 4 is 81.8 Å². The van der Waals surface area contributed by atoms with Gasteiger partial charge in [0.1, 0.15) is 0 Å². The lowest BCUT2D eigenvalue weighted by molar-refractivity contribution is -0.117. The molecule has 338 valence electrons. The quantitative estimate of drug-likeness (QED) is 0.0203. The van der Waals surface area contributed by atoms with Gasteiger partial charge in [-0.15, -0.1) is 23.5 Å². The van der Waals surface area contributed by atoms with E-state index in [9.17, 15) is 19.2 Å². The van der Waals surface area contributed by atoms with Crippen LogP contribution in [-0.2, 0) is 20.4 Å². The average molecular weight is 890 g/mol. The molecule has 3 aromatic carbocycles. The summed E-state index contributed by atoms with van der Waals surface area (Å²) in [6.07, 6.45) is 4.68. The Kier molecular flexibility index (Phi) is 20.1. The molecule has 62 heavy (non-hydrogen) atoms. The highest BCUT2D eigenvalue weighted by Gasteiger charge is 2.24. The van der Waals surface area contributed by atoms with Crippen LogP contribution in [0.1, 0.15) is 125 Å². The SMILES string of the molecule is CCCCCC(=O)Nc1cc(C(C)(C)C)cc(NC(=O)c2cccc(C(=O)Nc3cc(C(C)(C)C)cc(NC(=O)CCCCN)c3SCCNC(=N)N)c2)c1SCCNC(=N)N. The summed E-state index contributed by atoms with van der Waals surface area (Å²) in [5.74, 6) is -0.590. The molecular formula is C45H67N11O4S2. The number of hydrogen-bond acceptors (Lipinski definition) is 9. The number of carbonyl (C=O) groups excluding carboxylic acids is 4. The van der Waals surface area contributed by atoms with Gasteiger partial charge >= 0.3 is 0 Å². The predicted octanol–water partition coefficient (Wildman–Crippen LogP) is 7.52. The van der Waals surface area contributed by atoms with Gasteiger partial charge in [-0.05, 0) is 90.2 Å². The van der Waals surface area contributed by atoms with Gasteiger partial charge in [0.15, 0.2) is 11.9 Å². The Hall–Kier alpha value is -5.26. The van der Waals surface area contributed by atoms with Gasteiger partial charge in [-0.1, -0.05) is 67.4 Å². The zero-order valence-electron chi connectivity index (χ0n) is 37.3. The first-order valence-electron chi connectivity index (χ1n) is 21.0. The summed E-state index contributed by atoms with van der Waals surface area (Å²) in [4.78, 5) is 55.9. The molecule has 3 rings (SSSR count). The number of nitrogens with one attached hydrogen (secondary N) is 8. The van der Waals surface area contributed by atoms with E-state index >= 15 is 0 Å². The summed E-state index contributed by atoms with van der Waals surface area (Å²) >= 11 is 2.81. The number of nitrogens with two attached hydrogens (primary N) is 3. The highest BCUT2D eigenvalue weighted by molar-refractivity contribution is 7.99. The molecular weight excluding hydrogens is 823 g/mol. The number of rotatable bonds is 22. The number of carbonyl (C=O) groups is 4. The maximum absolute atomic E-state index is 14.2. The first-order valence-corrected chi connectivity index (χ1v) is 23.0. The third-order valence-corrected chi connectivity index (χ3v) is 11.8. The number of hydrogen-bond donors (Lipinski definition) is 11. The molecule has 0 fully saturated rings. The van der Waals surface area contributed by atoms with Crippen LogP contribution < -0.4 is 49.1 Å². The number of benzene rings is 3. The minimum atomic E-state index is -0.466. The van der Waals surface area contributed by atoms with Gasteiger partial charge in [0.25, 0.3) is 11.8 Å². The molecule has 15 nitrogen and oxygen atoms in total. The van der Waals surface area contributed by atoms with Crippen molar-refractivity contribution in [2.75, 3.05) is 52.4 Å². The van der Waals surface area contributed by atoms with E-state index in [-0.39, 0.29) is 52.1 Å². The molecule has 0 aromatic heterocycles. The van der Waals surface area contributed by atoms with Crippen LogP contribution in [0, 0.1) is 10.8 Å². The fourth-order valence-electron chi connectivity index (χ4n) is 6.07. The average Bonchev–Trinajstić information content (AvgIpc) is 3.18. The molecule has 0 aliphatic heterocycles. The molecule has 0 spiro atoms. The van der Waals surface area contributed by atoms with Crippen molar-refractivity contribution in [3.8, 4) is 0 Å². The van der Waals surface area contributed by atoms with Crippen molar-refractivity contribution in [1.82, 2.24) is 10.6 Å². The number of guanidine groups is 2. The first kappa shape index (κ1) is 51.1. The second-order valence-electron chi connectivity index (χ2n) is 17.0. The Morgan fingerprint density at radius 3 is 1.34 bits per heavy atom. The van der Waals surface area contributed by atoms with Crippen molar-refractivity contribution in [3.63, 3.8) is 0 Å². The van der Waals surface area contributed by atoms with E-state index in [1.807, 2.05) is 45.0 Å². The Balaban J connectivity index is 2.04. The zero-order valence-corrected chi connectivity index (χ0v) is 38.9. The molecule has 0 saturated carbocycles. The maximum atomic E-state index is 14.2. The Labute approximate surface area is 375 Å². The molecule has 0 saturated heterocycles. The van der Waals surface area contributed by atoms with Gasteiger partial charge < -0.3 is 49.1 Å². The lowest BCUT2D eigenvalue weighted by Crippen LogP contribution is -2.31. The first-order chi connectivity index (χ1) is 29.2. The fourth-order valence-corrected chi connectivity index (χ4v) is 7.94. The van der Waals surface area contributed by atoms with Crippen LogP contribution in [0.4, 0.5) is 22.7 Å². The third kappa shape index (κ3) is 16.9. The Morgan fingerprint density at radius 2 is 0.984 bits per heavy atom. The van der Waals surface area contributed by atoms with Gasteiger partial charge in [0.2, 0.25) is 11.8 Å². The molecule has 4 amide bonds. The van der Waals surface area contributed by atoms with Crippen molar-refractivity contribution in [2.45, 2.75) is 114 Å². The number of amides is 4. The van der Waals surface area contributed by atoms with E-state index in [2.05, 4.69) is 59.6 Å². The second-order valence-corrected chi connectivity index (χ2v) is 19.2. The number of unbranched alkanes of at least 4 members (excludes halogenated alkanes) is 3. The summed E-state index contributed by atoms with van der Waals surface area (Å²) in [7, 11) is 0. The third-order valence-electron chi connectivity index (χ3n) is 9.53. The minimum Gasteiger partial charge on any atom is -0.370 e.